The van der Waals surface area contributed by atoms with Gasteiger partial charge in [-0.25, -0.2) is 0 Å². The smallest absolute Gasteiger partial charge is 0.0991 e. The van der Waals surface area contributed by atoms with Crippen LogP contribution in [0.25, 0.3) is 0 Å². The molecule has 1 aromatic carbocycles. The second kappa shape index (κ2) is 8.65. The third-order valence-electron chi connectivity index (χ3n) is 4.25. The first-order valence-electron chi connectivity index (χ1n) is 8.01. The Balaban J connectivity index is 0.00000264. The summed E-state index contributed by atoms with van der Waals surface area (Å²) in [6.07, 6.45) is 0.586. The minimum absolute atomic E-state index is 0. The van der Waals surface area contributed by atoms with Crippen molar-refractivity contribution in [3.05, 3.63) is 35.4 Å². The van der Waals surface area contributed by atoms with Crippen molar-refractivity contribution in [3.8, 4) is 6.07 Å². The Kier molecular flexibility index (Phi) is 7.50. The molecule has 1 aromatic rings. The lowest BCUT2D eigenvalue weighted by Crippen LogP contribution is -2.58. The van der Waals surface area contributed by atoms with Crippen molar-refractivity contribution in [1.82, 2.24) is 10.2 Å². The van der Waals surface area contributed by atoms with Crippen LogP contribution in [-0.2, 0) is 11.3 Å². The van der Waals surface area contributed by atoms with Crippen molar-refractivity contribution in [2.75, 3.05) is 19.6 Å². The van der Waals surface area contributed by atoms with Crippen molar-refractivity contribution in [2.24, 2.45) is 0 Å². The van der Waals surface area contributed by atoms with Crippen LogP contribution in [0.15, 0.2) is 24.3 Å². The molecule has 0 aromatic heterocycles. The molecule has 1 saturated heterocycles. The van der Waals surface area contributed by atoms with E-state index in [0.29, 0.717) is 17.8 Å². The number of nitriles is 1. The molecule has 2 atom stereocenters. The summed E-state index contributed by atoms with van der Waals surface area (Å²) in [5, 5.41) is 12.4. The Morgan fingerprint density at radius 2 is 1.78 bits per heavy atom. The van der Waals surface area contributed by atoms with E-state index in [-0.39, 0.29) is 17.9 Å². The SMILES string of the molecule is CC1CN(C(C)(C)CNCc2ccc(C#N)cc2)CC(C)O1.Cl. The summed E-state index contributed by atoms with van der Waals surface area (Å²) in [5.41, 5.74) is 2.01. The maximum atomic E-state index is 8.82. The topological polar surface area (TPSA) is 48.3 Å². The molecule has 23 heavy (non-hydrogen) atoms. The van der Waals surface area contributed by atoms with Gasteiger partial charge in [0.1, 0.15) is 0 Å². The van der Waals surface area contributed by atoms with Gasteiger partial charge in [-0.15, -0.1) is 12.4 Å². The normalized spacial score (nSPS) is 22.2. The highest BCUT2D eigenvalue weighted by molar-refractivity contribution is 5.85. The van der Waals surface area contributed by atoms with Crippen molar-refractivity contribution in [3.63, 3.8) is 0 Å². The van der Waals surface area contributed by atoms with Crippen LogP contribution in [0.3, 0.4) is 0 Å². The van der Waals surface area contributed by atoms with Gasteiger partial charge < -0.3 is 10.1 Å². The molecule has 4 nitrogen and oxygen atoms in total. The molecule has 1 N–H and O–H groups in total. The number of morpholine rings is 1. The highest BCUT2D eigenvalue weighted by atomic mass is 35.5. The minimum atomic E-state index is 0. The molecule has 5 heteroatoms. The molecule has 128 valence electrons. The first kappa shape index (κ1) is 19.9. The summed E-state index contributed by atoms with van der Waals surface area (Å²) < 4.78 is 5.82. The highest BCUT2D eigenvalue weighted by Gasteiger charge is 2.32. The van der Waals surface area contributed by atoms with E-state index in [4.69, 9.17) is 10.00 Å². The number of ether oxygens (including phenoxy) is 1. The monoisotopic (exact) mass is 337 g/mol. The van der Waals surface area contributed by atoms with Crippen LogP contribution in [0, 0.1) is 11.3 Å². The molecule has 0 saturated carbocycles. The number of hydrogen-bond donors (Lipinski definition) is 1. The van der Waals surface area contributed by atoms with Crippen LogP contribution in [-0.4, -0.2) is 42.3 Å². The standard InChI is InChI=1S/C18H27N3O.ClH/c1-14-11-21(12-15(2)22-14)18(3,4)13-20-10-17-7-5-16(9-19)6-8-17;/h5-8,14-15,20H,10-13H2,1-4H3;1H. The summed E-state index contributed by atoms with van der Waals surface area (Å²) >= 11 is 0. The zero-order valence-corrected chi connectivity index (χ0v) is 15.3. The Hall–Kier alpha value is -1.12. The van der Waals surface area contributed by atoms with Gasteiger partial charge in [-0.2, -0.15) is 5.26 Å². The van der Waals surface area contributed by atoms with Gasteiger partial charge in [-0.1, -0.05) is 12.1 Å². The Morgan fingerprint density at radius 1 is 1.22 bits per heavy atom. The lowest BCUT2D eigenvalue weighted by molar-refractivity contribution is -0.0952. The van der Waals surface area contributed by atoms with E-state index in [1.165, 1.54) is 5.56 Å². The molecule has 0 aliphatic carbocycles. The third kappa shape index (κ3) is 5.78. The van der Waals surface area contributed by atoms with Gasteiger partial charge in [0, 0.05) is 31.7 Å². The Labute approximate surface area is 146 Å². The zero-order valence-electron chi connectivity index (χ0n) is 14.5. The summed E-state index contributed by atoms with van der Waals surface area (Å²) in [4.78, 5) is 2.51. The number of hydrogen-bond acceptors (Lipinski definition) is 4. The van der Waals surface area contributed by atoms with E-state index in [1.54, 1.807) is 0 Å². The maximum absolute atomic E-state index is 8.82. The predicted octanol–water partition coefficient (Wildman–Crippen LogP) is 2.96. The molecule has 1 aliphatic heterocycles. The van der Waals surface area contributed by atoms with Crippen LogP contribution in [0.4, 0.5) is 0 Å². The van der Waals surface area contributed by atoms with Crippen molar-refractivity contribution >= 4 is 12.4 Å². The summed E-state index contributed by atoms with van der Waals surface area (Å²) in [6, 6.07) is 9.91. The van der Waals surface area contributed by atoms with Crippen LogP contribution >= 0.6 is 12.4 Å². The number of nitrogens with one attached hydrogen (secondary N) is 1. The summed E-state index contributed by atoms with van der Waals surface area (Å²) in [6.45, 7) is 12.6. The second-order valence-corrected chi connectivity index (χ2v) is 6.89. The highest BCUT2D eigenvalue weighted by Crippen LogP contribution is 2.20. The number of halogens is 1. The number of nitrogens with zero attached hydrogens (tertiary/aromatic N) is 2. The fourth-order valence-electron chi connectivity index (χ4n) is 2.99. The van der Waals surface area contributed by atoms with E-state index in [9.17, 15) is 0 Å². The van der Waals surface area contributed by atoms with E-state index in [0.717, 1.165) is 26.2 Å². The average molecular weight is 338 g/mol. The van der Waals surface area contributed by atoms with Crippen molar-refractivity contribution in [2.45, 2.75) is 52.0 Å². The van der Waals surface area contributed by atoms with Gasteiger partial charge in [0.05, 0.1) is 23.8 Å². The summed E-state index contributed by atoms with van der Waals surface area (Å²) in [5.74, 6) is 0. The first-order chi connectivity index (χ1) is 10.4. The molecular formula is C18H28ClN3O. The maximum Gasteiger partial charge on any atom is 0.0991 e. The number of rotatable bonds is 5. The Morgan fingerprint density at radius 3 is 2.30 bits per heavy atom. The quantitative estimate of drug-likeness (QED) is 0.897. The van der Waals surface area contributed by atoms with E-state index >= 15 is 0 Å². The fourth-order valence-corrected chi connectivity index (χ4v) is 2.99. The predicted molar refractivity (Wildman–Crippen MR) is 95.8 cm³/mol. The largest absolute Gasteiger partial charge is 0.373 e. The lowest BCUT2D eigenvalue weighted by atomic mass is 10.00. The first-order valence-corrected chi connectivity index (χ1v) is 8.01. The molecule has 0 radical (unpaired) electrons. The van der Waals surface area contributed by atoms with Crippen LogP contribution in [0.2, 0.25) is 0 Å². The molecule has 0 spiro atoms. The Bertz CT molecular complexity index is 514. The molecule has 0 amide bonds. The van der Waals surface area contributed by atoms with Crippen molar-refractivity contribution < 1.29 is 4.74 Å². The molecule has 1 fully saturated rings. The molecule has 2 unspecified atom stereocenters. The summed E-state index contributed by atoms with van der Waals surface area (Å²) in [7, 11) is 0. The van der Waals surface area contributed by atoms with Crippen LogP contribution in [0.5, 0.6) is 0 Å². The zero-order chi connectivity index (χ0) is 16.2. The van der Waals surface area contributed by atoms with E-state index in [2.05, 4.69) is 44.0 Å². The second-order valence-electron chi connectivity index (χ2n) is 6.89. The van der Waals surface area contributed by atoms with Gasteiger partial charge in [0.2, 0.25) is 0 Å². The molecule has 2 rings (SSSR count). The number of benzene rings is 1. The van der Waals surface area contributed by atoms with Gasteiger partial charge in [-0.3, -0.25) is 4.90 Å². The lowest BCUT2D eigenvalue weighted by Gasteiger charge is -2.45. The van der Waals surface area contributed by atoms with Gasteiger partial charge in [0.25, 0.3) is 0 Å². The molecule has 1 aliphatic rings. The third-order valence-corrected chi connectivity index (χ3v) is 4.25. The van der Waals surface area contributed by atoms with Gasteiger partial charge in [-0.05, 0) is 45.4 Å². The van der Waals surface area contributed by atoms with Gasteiger partial charge >= 0.3 is 0 Å². The van der Waals surface area contributed by atoms with Crippen LogP contribution < -0.4 is 5.32 Å². The minimum Gasteiger partial charge on any atom is -0.373 e. The van der Waals surface area contributed by atoms with Crippen LogP contribution in [0.1, 0.15) is 38.8 Å². The van der Waals surface area contributed by atoms with Gasteiger partial charge in [0.15, 0.2) is 0 Å². The van der Waals surface area contributed by atoms with Crippen molar-refractivity contribution in [1.29, 1.82) is 5.26 Å². The van der Waals surface area contributed by atoms with E-state index in [1.807, 2.05) is 24.3 Å². The molecule has 1 heterocycles. The average Bonchev–Trinajstić information content (AvgIpc) is 2.47. The molecule has 0 bridgehead atoms. The molecular weight excluding hydrogens is 310 g/mol. The fraction of sp³-hybridized carbons (Fsp3) is 0.611. The van der Waals surface area contributed by atoms with E-state index < -0.39 is 0 Å².